The van der Waals surface area contributed by atoms with Gasteiger partial charge in [0, 0.05) is 6.61 Å². The first-order valence-electron chi connectivity index (χ1n) is 5.13. The van der Waals surface area contributed by atoms with Crippen LogP contribution in [-0.4, -0.2) is 25.9 Å². The minimum atomic E-state index is 0.257. The third kappa shape index (κ3) is 3.44. The van der Waals surface area contributed by atoms with Crippen molar-refractivity contribution in [1.29, 1.82) is 0 Å². The molecule has 1 aromatic carbocycles. The Hall–Kier alpha value is -1.22. The van der Waals surface area contributed by atoms with E-state index in [0.29, 0.717) is 0 Å². The second-order valence-electron chi connectivity index (χ2n) is 3.37. The van der Waals surface area contributed by atoms with Crippen molar-refractivity contribution in [3.8, 4) is 11.5 Å². The van der Waals surface area contributed by atoms with Gasteiger partial charge in [-0.15, -0.1) is 0 Å². The summed E-state index contributed by atoms with van der Waals surface area (Å²) in [4.78, 5) is 0. The predicted octanol–water partition coefficient (Wildman–Crippen LogP) is 2.02. The zero-order valence-corrected chi connectivity index (χ0v) is 9.32. The zero-order valence-electron chi connectivity index (χ0n) is 9.32. The highest BCUT2D eigenvalue weighted by molar-refractivity contribution is 5.42. The van der Waals surface area contributed by atoms with E-state index in [1.165, 1.54) is 5.56 Å². The fourth-order valence-corrected chi connectivity index (χ4v) is 1.48. The summed E-state index contributed by atoms with van der Waals surface area (Å²) in [5.74, 6) is 1.52. The quantitative estimate of drug-likeness (QED) is 0.730. The van der Waals surface area contributed by atoms with Crippen molar-refractivity contribution in [3.05, 3.63) is 23.8 Å². The SMILES string of the molecule is COc1ccc(CCCCO)cc1OC. The lowest BCUT2D eigenvalue weighted by atomic mass is 10.1. The zero-order chi connectivity index (χ0) is 11.1. The van der Waals surface area contributed by atoms with Crippen LogP contribution in [0.25, 0.3) is 0 Å². The highest BCUT2D eigenvalue weighted by Gasteiger charge is 2.03. The van der Waals surface area contributed by atoms with Crippen molar-refractivity contribution < 1.29 is 14.6 Å². The van der Waals surface area contributed by atoms with Gasteiger partial charge >= 0.3 is 0 Å². The van der Waals surface area contributed by atoms with Crippen molar-refractivity contribution >= 4 is 0 Å². The molecule has 0 saturated heterocycles. The van der Waals surface area contributed by atoms with Crippen LogP contribution in [0.5, 0.6) is 11.5 Å². The van der Waals surface area contributed by atoms with Gasteiger partial charge in [-0.05, 0) is 37.0 Å². The second kappa shape index (κ2) is 6.30. The van der Waals surface area contributed by atoms with E-state index < -0.39 is 0 Å². The Morgan fingerprint density at radius 3 is 2.40 bits per heavy atom. The molecule has 1 aromatic rings. The molecular weight excluding hydrogens is 192 g/mol. The van der Waals surface area contributed by atoms with Crippen molar-refractivity contribution in [2.45, 2.75) is 19.3 Å². The number of rotatable bonds is 6. The summed E-state index contributed by atoms with van der Waals surface area (Å²) in [7, 11) is 3.26. The molecule has 3 heteroatoms. The van der Waals surface area contributed by atoms with E-state index in [2.05, 4.69) is 0 Å². The maximum absolute atomic E-state index is 8.68. The van der Waals surface area contributed by atoms with Gasteiger partial charge in [-0.2, -0.15) is 0 Å². The van der Waals surface area contributed by atoms with Crippen LogP contribution in [0.4, 0.5) is 0 Å². The number of aliphatic hydroxyl groups excluding tert-OH is 1. The van der Waals surface area contributed by atoms with Crippen LogP contribution in [0.1, 0.15) is 18.4 Å². The van der Waals surface area contributed by atoms with E-state index >= 15 is 0 Å². The van der Waals surface area contributed by atoms with Crippen molar-refractivity contribution in [2.24, 2.45) is 0 Å². The first-order valence-corrected chi connectivity index (χ1v) is 5.13. The summed E-state index contributed by atoms with van der Waals surface area (Å²) < 4.78 is 10.4. The molecule has 0 amide bonds. The Kier molecular flexibility index (Phi) is 4.98. The minimum absolute atomic E-state index is 0.257. The lowest BCUT2D eigenvalue weighted by molar-refractivity contribution is 0.284. The molecule has 1 N–H and O–H groups in total. The maximum atomic E-state index is 8.68. The molecule has 0 unspecified atom stereocenters. The van der Waals surface area contributed by atoms with E-state index in [9.17, 15) is 0 Å². The molecule has 84 valence electrons. The molecule has 0 atom stereocenters. The molecule has 0 saturated carbocycles. The van der Waals surface area contributed by atoms with Crippen LogP contribution >= 0.6 is 0 Å². The Morgan fingerprint density at radius 2 is 1.80 bits per heavy atom. The smallest absolute Gasteiger partial charge is 0.160 e. The maximum Gasteiger partial charge on any atom is 0.160 e. The largest absolute Gasteiger partial charge is 0.493 e. The Balaban J connectivity index is 2.66. The van der Waals surface area contributed by atoms with Crippen molar-refractivity contribution in [3.63, 3.8) is 0 Å². The third-order valence-electron chi connectivity index (χ3n) is 2.32. The number of methoxy groups -OCH3 is 2. The average molecular weight is 210 g/mol. The summed E-state index contributed by atoms with van der Waals surface area (Å²) >= 11 is 0. The number of ether oxygens (including phenoxy) is 2. The molecule has 0 aromatic heterocycles. The van der Waals surface area contributed by atoms with Gasteiger partial charge in [0.05, 0.1) is 14.2 Å². The second-order valence-corrected chi connectivity index (χ2v) is 3.37. The first kappa shape index (κ1) is 11.9. The number of hydrogen-bond donors (Lipinski definition) is 1. The molecule has 0 bridgehead atoms. The predicted molar refractivity (Wildman–Crippen MR) is 59.6 cm³/mol. The van der Waals surface area contributed by atoms with Gasteiger partial charge in [0.15, 0.2) is 11.5 Å². The Bertz CT molecular complexity index is 297. The van der Waals surface area contributed by atoms with E-state index in [0.717, 1.165) is 30.8 Å². The number of aliphatic hydroxyl groups is 1. The highest BCUT2D eigenvalue weighted by Crippen LogP contribution is 2.27. The Morgan fingerprint density at radius 1 is 1.07 bits per heavy atom. The van der Waals surface area contributed by atoms with Crippen LogP contribution < -0.4 is 9.47 Å². The lowest BCUT2D eigenvalue weighted by Gasteiger charge is -2.09. The minimum Gasteiger partial charge on any atom is -0.493 e. The normalized spacial score (nSPS) is 10.1. The fraction of sp³-hybridized carbons (Fsp3) is 0.500. The summed E-state index contributed by atoms with van der Waals surface area (Å²) in [5.41, 5.74) is 1.21. The highest BCUT2D eigenvalue weighted by atomic mass is 16.5. The molecule has 0 radical (unpaired) electrons. The molecule has 0 aliphatic heterocycles. The fourth-order valence-electron chi connectivity index (χ4n) is 1.48. The molecule has 0 fully saturated rings. The van der Waals surface area contributed by atoms with Crippen molar-refractivity contribution in [2.75, 3.05) is 20.8 Å². The summed E-state index contributed by atoms with van der Waals surface area (Å²) in [6.07, 6.45) is 2.79. The molecule has 1 rings (SSSR count). The van der Waals surface area contributed by atoms with Gasteiger partial charge in [0.2, 0.25) is 0 Å². The lowest BCUT2D eigenvalue weighted by Crippen LogP contribution is -1.93. The molecule has 0 aliphatic carbocycles. The van der Waals surface area contributed by atoms with Gasteiger partial charge in [-0.3, -0.25) is 0 Å². The monoisotopic (exact) mass is 210 g/mol. The molecule has 3 nitrogen and oxygen atoms in total. The molecule has 0 heterocycles. The van der Waals surface area contributed by atoms with Crippen molar-refractivity contribution in [1.82, 2.24) is 0 Å². The molecule has 15 heavy (non-hydrogen) atoms. The summed E-state index contributed by atoms with van der Waals surface area (Å²) in [5, 5.41) is 8.68. The van der Waals surface area contributed by atoms with Gasteiger partial charge in [-0.25, -0.2) is 0 Å². The molecule has 0 spiro atoms. The molecule has 0 aliphatic rings. The number of unbranched alkanes of at least 4 members (excludes halogenated alkanes) is 1. The van der Waals surface area contributed by atoms with E-state index in [1.807, 2.05) is 18.2 Å². The van der Waals surface area contributed by atoms with Gasteiger partial charge in [0.25, 0.3) is 0 Å². The first-order chi connectivity index (χ1) is 7.31. The average Bonchev–Trinajstić information content (AvgIpc) is 2.29. The van der Waals surface area contributed by atoms with Crippen LogP contribution in [0, 0.1) is 0 Å². The number of aryl methyl sites for hydroxylation is 1. The third-order valence-corrected chi connectivity index (χ3v) is 2.32. The van der Waals surface area contributed by atoms with E-state index in [-0.39, 0.29) is 6.61 Å². The van der Waals surface area contributed by atoms with Gasteiger partial charge < -0.3 is 14.6 Å². The van der Waals surface area contributed by atoms with Gasteiger partial charge in [-0.1, -0.05) is 6.07 Å². The number of benzene rings is 1. The van der Waals surface area contributed by atoms with Crippen LogP contribution in [0.2, 0.25) is 0 Å². The topological polar surface area (TPSA) is 38.7 Å². The van der Waals surface area contributed by atoms with Crippen LogP contribution in [-0.2, 0) is 6.42 Å². The summed E-state index contributed by atoms with van der Waals surface area (Å²) in [6.45, 7) is 0.257. The summed E-state index contributed by atoms with van der Waals surface area (Å²) in [6, 6.07) is 5.92. The Labute approximate surface area is 90.6 Å². The van der Waals surface area contributed by atoms with Crippen LogP contribution in [0.3, 0.4) is 0 Å². The van der Waals surface area contributed by atoms with Crippen LogP contribution in [0.15, 0.2) is 18.2 Å². The standard InChI is InChI=1S/C12H18O3/c1-14-11-7-6-10(5-3-4-8-13)9-12(11)15-2/h6-7,9,13H,3-5,8H2,1-2H3. The number of hydrogen-bond acceptors (Lipinski definition) is 3. The van der Waals surface area contributed by atoms with Gasteiger partial charge in [0.1, 0.15) is 0 Å². The molecular formula is C12H18O3. The van der Waals surface area contributed by atoms with E-state index in [1.54, 1.807) is 14.2 Å². The van der Waals surface area contributed by atoms with E-state index in [4.69, 9.17) is 14.6 Å².